The zero-order chi connectivity index (χ0) is 21.6. The molecule has 0 saturated heterocycles. The average molecular weight is 439 g/mol. The number of para-hydroxylation sites is 2. The summed E-state index contributed by atoms with van der Waals surface area (Å²) >= 11 is 0. The number of sulfonamides is 1. The molecule has 5 rings (SSSR count). The minimum Gasteiger partial charge on any atom is -0.467 e. The number of nitrogens with one attached hydrogen (secondary N) is 1. The number of rotatable bonds is 8. The third kappa shape index (κ3) is 3.78. The van der Waals surface area contributed by atoms with E-state index in [1.807, 2.05) is 24.3 Å². The van der Waals surface area contributed by atoms with Crippen molar-refractivity contribution in [2.75, 3.05) is 6.26 Å². The summed E-state index contributed by atoms with van der Waals surface area (Å²) in [6.07, 6.45) is 3.96. The van der Waals surface area contributed by atoms with Crippen LogP contribution in [0, 0.1) is 5.92 Å². The molecule has 2 atom stereocenters. The van der Waals surface area contributed by atoms with Crippen molar-refractivity contribution in [2.45, 2.75) is 37.5 Å². The maximum absolute atomic E-state index is 12.3. The lowest BCUT2D eigenvalue weighted by Crippen LogP contribution is -2.49. The molecule has 0 spiro atoms. The van der Waals surface area contributed by atoms with Gasteiger partial charge in [0.25, 0.3) is 0 Å². The van der Waals surface area contributed by atoms with Crippen molar-refractivity contribution in [2.24, 2.45) is 5.92 Å². The first kappa shape index (κ1) is 20.3. The quantitative estimate of drug-likeness (QED) is 0.436. The molecule has 2 aromatic heterocycles. The van der Waals surface area contributed by atoms with Gasteiger partial charge in [-0.05, 0) is 43.0 Å². The monoisotopic (exact) mass is 438 g/mol. The fraction of sp³-hybridized carbons (Fsp3) is 0.333. The summed E-state index contributed by atoms with van der Waals surface area (Å²) in [6, 6.07) is 19.8. The Hall–Kier alpha value is -2.61. The number of hydrogen-bond acceptors (Lipinski definition) is 4. The van der Waals surface area contributed by atoms with E-state index in [9.17, 15) is 13.5 Å². The summed E-state index contributed by atoms with van der Waals surface area (Å²) in [4.78, 5) is 0. The summed E-state index contributed by atoms with van der Waals surface area (Å²) in [5.41, 5.74) is 1.15. The van der Waals surface area contributed by atoms with Gasteiger partial charge < -0.3 is 14.1 Å². The topological polar surface area (TPSA) is 84.5 Å². The summed E-state index contributed by atoms with van der Waals surface area (Å²) < 4.78 is 35.2. The zero-order valence-electron chi connectivity index (χ0n) is 17.4. The Balaban J connectivity index is 1.53. The molecule has 2 aromatic carbocycles. The van der Waals surface area contributed by atoms with E-state index >= 15 is 0 Å². The molecular formula is C24H26N2O4S. The van der Waals surface area contributed by atoms with Crippen LogP contribution in [0.5, 0.6) is 0 Å². The highest BCUT2D eigenvalue weighted by molar-refractivity contribution is 7.88. The molecule has 0 radical (unpaired) electrons. The Morgan fingerprint density at radius 1 is 1.06 bits per heavy atom. The molecule has 2 heterocycles. The molecule has 1 aliphatic rings. The van der Waals surface area contributed by atoms with E-state index in [4.69, 9.17) is 4.42 Å². The standard InChI is InChI=1S/C24H26N2O4S/c1-31(28,29)25-24(17-12-13-17,23-11-6-14-30-23)15-18(27)16-26-21-9-4-2-7-19(21)20-8-3-5-10-22(20)26/h2-11,14,17-18,25,27H,12-13,15-16H2,1H3. The average Bonchev–Trinajstić information content (AvgIpc) is 3.36. The molecular weight excluding hydrogens is 412 g/mol. The van der Waals surface area contributed by atoms with Crippen LogP contribution in [0.15, 0.2) is 71.3 Å². The number of furan rings is 1. The molecule has 4 aromatic rings. The second kappa shape index (κ2) is 7.51. The highest BCUT2D eigenvalue weighted by Gasteiger charge is 2.51. The van der Waals surface area contributed by atoms with Crippen molar-refractivity contribution in [3.8, 4) is 0 Å². The van der Waals surface area contributed by atoms with Crippen LogP contribution >= 0.6 is 0 Å². The number of benzene rings is 2. The normalized spacial score (nSPS) is 17.7. The Labute approximate surface area is 181 Å². The first-order valence-electron chi connectivity index (χ1n) is 10.5. The van der Waals surface area contributed by atoms with Gasteiger partial charge in [0.2, 0.25) is 10.0 Å². The lowest BCUT2D eigenvalue weighted by Gasteiger charge is -2.34. The number of hydrogen-bond donors (Lipinski definition) is 2. The molecule has 6 nitrogen and oxygen atoms in total. The summed E-state index contributed by atoms with van der Waals surface area (Å²) in [5, 5.41) is 13.5. The Morgan fingerprint density at radius 2 is 1.68 bits per heavy atom. The van der Waals surface area contributed by atoms with Crippen LogP contribution in [0.1, 0.15) is 25.0 Å². The third-order valence-electron chi connectivity index (χ3n) is 6.23. The Kier molecular flexibility index (Phi) is 4.92. The SMILES string of the molecule is CS(=O)(=O)NC(CC(O)Cn1c2ccccc2c2ccccc21)(c1ccco1)C1CC1. The van der Waals surface area contributed by atoms with E-state index in [2.05, 4.69) is 33.6 Å². The van der Waals surface area contributed by atoms with E-state index in [-0.39, 0.29) is 12.3 Å². The van der Waals surface area contributed by atoms with Crippen LogP contribution < -0.4 is 4.72 Å². The fourth-order valence-corrected chi connectivity index (χ4v) is 5.94. The molecule has 1 saturated carbocycles. The van der Waals surface area contributed by atoms with Crippen molar-refractivity contribution in [1.82, 2.24) is 9.29 Å². The van der Waals surface area contributed by atoms with Crippen LogP contribution in [0.25, 0.3) is 21.8 Å². The van der Waals surface area contributed by atoms with E-state index < -0.39 is 21.7 Å². The minimum absolute atomic E-state index is 0.0983. The molecule has 0 bridgehead atoms. The summed E-state index contributed by atoms with van der Waals surface area (Å²) in [6.45, 7) is 0.356. The molecule has 0 aliphatic heterocycles. The number of aromatic nitrogens is 1. The molecule has 0 amide bonds. The van der Waals surface area contributed by atoms with E-state index in [0.717, 1.165) is 40.9 Å². The van der Waals surface area contributed by atoms with E-state index in [1.54, 1.807) is 18.4 Å². The second-order valence-corrected chi connectivity index (χ2v) is 10.3. The van der Waals surface area contributed by atoms with E-state index in [0.29, 0.717) is 12.3 Å². The van der Waals surface area contributed by atoms with Crippen LogP contribution in [0.2, 0.25) is 0 Å². The van der Waals surface area contributed by atoms with Gasteiger partial charge in [0, 0.05) is 34.8 Å². The number of aliphatic hydroxyl groups excluding tert-OH is 1. The van der Waals surface area contributed by atoms with Crippen LogP contribution in [0.3, 0.4) is 0 Å². The van der Waals surface area contributed by atoms with Crippen LogP contribution in [0.4, 0.5) is 0 Å². The van der Waals surface area contributed by atoms with Gasteiger partial charge in [-0.1, -0.05) is 36.4 Å². The van der Waals surface area contributed by atoms with Gasteiger partial charge >= 0.3 is 0 Å². The highest BCUT2D eigenvalue weighted by Crippen LogP contribution is 2.49. The molecule has 162 valence electrons. The fourth-order valence-electron chi connectivity index (χ4n) is 4.93. The van der Waals surface area contributed by atoms with Gasteiger partial charge in [-0.25, -0.2) is 13.1 Å². The lowest BCUT2D eigenvalue weighted by molar-refractivity contribution is 0.0928. The molecule has 1 fully saturated rings. The molecule has 2 N–H and O–H groups in total. The van der Waals surface area contributed by atoms with Gasteiger partial charge in [0.1, 0.15) is 5.76 Å². The van der Waals surface area contributed by atoms with E-state index in [1.165, 1.54) is 0 Å². The van der Waals surface area contributed by atoms with Crippen LogP contribution in [-0.4, -0.2) is 30.5 Å². The van der Waals surface area contributed by atoms with Gasteiger partial charge in [-0.15, -0.1) is 0 Å². The number of nitrogens with zero attached hydrogens (tertiary/aromatic N) is 1. The number of aliphatic hydroxyl groups is 1. The van der Waals surface area contributed by atoms with Crippen molar-refractivity contribution in [3.05, 3.63) is 72.7 Å². The summed E-state index contributed by atoms with van der Waals surface area (Å²) in [7, 11) is -3.52. The zero-order valence-corrected chi connectivity index (χ0v) is 18.2. The minimum atomic E-state index is -3.52. The lowest BCUT2D eigenvalue weighted by atomic mass is 9.85. The predicted molar refractivity (Wildman–Crippen MR) is 121 cm³/mol. The Morgan fingerprint density at radius 3 is 2.19 bits per heavy atom. The number of fused-ring (bicyclic) bond motifs is 3. The van der Waals surface area contributed by atoms with Crippen LogP contribution in [-0.2, 0) is 22.1 Å². The Bertz CT molecular complexity index is 1270. The largest absolute Gasteiger partial charge is 0.467 e. The van der Waals surface area contributed by atoms with Gasteiger partial charge in [-0.2, -0.15) is 0 Å². The third-order valence-corrected chi connectivity index (χ3v) is 6.97. The van der Waals surface area contributed by atoms with Crippen molar-refractivity contribution in [3.63, 3.8) is 0 Å². The maximum atomic E-state index is 12.3. The predicted octanol–water partition coefficient (Wildman–Crippen LogP) is 3.99. The highest BCUT2D eigenvalue weighted by atomic mass is 32.2. The van der Waals surface area contributed by atoms with Gasteiger partial charge in [-0.3, -0.25) is 0 Å². The molecule has 1 aliphatic carbocycles. The second-order valence-electron chi connectivity index (χ2n) is 8.60. The molecule has 31 heavy (non-hydrogen) atoms. The first-order chi connectivity index (χ1) is 14.9. The summed E-state index contributed by atoms with van der Waals surface area (Å²) in [5.74, 6) is 0.655. The van der Waals surface area contributed by atoms with Crippen molar-refractivity contribution >= 4 is 31.8 Å². The van der Waals surface area contributed by atoms with Crippen molar-refractivity contribution in [1.29, 1.82) is 0 Å². The van der Waals surface area contributed by atoms with Crippen molar-refractivity contribution < 1.29 is 17.9 Å². The smallest absolute Gasteiger partial charge is 0.209 e. The molecule has 2 unspecified atom stereocenters. The van der Waals surface area contributed by atoms with Gasteiger partial charge in [0.15, 0.2) is 0 Å². The first-order valence-corrected chi connectivity index (χ1v) is 12.4. The van der Waals surface area contributed by atoms with Gasteiger partial charge in [0.05, 0.1) is 24.2 Å². The maximum Gasteiger partial charge on any atom is 0.209 e. The molecule has 7 heteroatoms.